The molecule has 2 aromatic carbocycles. The van der Waals surface area contributed by atoms with Gasteiger partial charge in [0.15, 0.2) is 29.9 Å². The van der Waals surface area contributed by atoms with Crippen LogP contribution in [0.4, 0.5) is 28.9 Å². The number of ketones is 2. The monoisotopic (exact) mass is 1300 g/mol. The Kier molecular flexibility index (Phi) is 22.5. The van der Waals surface area contributed by atoms with Gasteiger partial charge in [-0.25, -0.2) is 28.0 Å². The van der Waals surface area contributed by atoms with Crippen molar-refractivity contribution in [1.29, 1.82) is 0 Å². The summed E-state index contributed by atoms with van der Waals surface area (Å²) in [4.78, 5) is 117. The van der Waals surface area contributed by atoms with Crippen molar-refractivity contribution in [3.8, 4) is 11.8 Å². The van der Waals surface area contributed by atoms with Gasteiger partial charge >= 0.3 is 24.2 Å². The highest BCUT2D eigenvalue weighted by Crippen LogP contribution is 2.72. The zero-order valence-electron chi connectivity index (χ0n) is 53.3. The van der Waals surface area contributed by atoms with Crippen molar-refractivity contribution < 1.29 is 85.5 Å². The number of primary amides is 1. The number of anilines is 1. The zero-order valence-corrected chi connectivity index (χ0v) is 53.3. The first-order valence-electron chi connectivity index (χ1n) is 32.4. The molecule has 7 aliphatic rings. The Morgan fingerprint density at radius 2 is 1.54 bits per heavy atom. The van der Waals surface area contributed by atoms with Crippen molar-refractivity contribution >= 4 is 59.2 Å². The molecule has 2 unspecified atom stereocenters. The summed E-state index contributed by atoms with van der Waals surface area (Å²) in [6.07, 6.45) is 2.05. The number of aliphatic hydroxyl groups is 1. The van der Waals surface area contributed by atoms with E-state index in [1.165, 1.54) is 31.2 Å². The van der Waals surface area contributed by atoms with E-state index in [4.69, 9.17) is 34.2 Å². The molecule has 1 heterocycles. The van der Waals surface area contributed by atoms with Gasteiger partial charge in [0.05, 0.1) is 37.6 Å². The molecule has 7 amide bonds. The minimum Gasteiger partial charge on any atom is -0.454 e. The molecule has 5 fully saturated rings. The topological polar surface area (TPSA) is 327 Å². The minimum atomic E-state index is -2.38. The van der Waals surface area contributed by atoms with Crippen LogP contribution in [0.3, 0.4) is 0 Å². The number of rotatable bonds is 28. The standard InChI is InChI=1S/C68H87F2N7O16/c1-6-12-57-92-55-33-48-49-32-51(69)50-31-44(78)24-26-65(50,4)67(49,70)53(79)34-66(48,5)68(55,93-57)54(80)38-89-61(84)42-20-16-40(17-21-42)35-74-64(87)90-36-41-18-22-43(23-19-41)75-59(82)52(15-11-27-72-62(71)85)76-60(83)58(39(2)3)77-56(81)25-29-88-30-28-73-63(86)91-37-47-45-13-9-7-8-10-14-46(45)47/h16-24,26,31,39,45-49,51-53,55,57-58,79H,6,9-15,25,27-30,32-38H2,1-5H3,(H,73,86)(H,74,87)(H,75,82)(H,76,83)(H,77,81)(H3,71,72,85)/t45-,46+,47?,48-,49-,51-,52-,53-,55+,57?,58-,65-,66-,67-,68+/m0/s1. The van der Waals surface area contributed by atoms with E-state index in [1.54, 1.807) is 57.2 Å². The van der Waals surface area contributed by atoms with Gasteiger partial charge in [0, 0.05) is 61.3 Å². The Balaban J connectivity index is 0.701. The van der Waals surface area contributed by atoms with Crippen LogP contribution in [-0.4, -0.2) is 146 Å². The number of benzene rings is 2. The maximum atomic E-state index is 17.9. The third-order valence-electron chi connectivity index (χ3n) is 20.0. The third-order valence-corrected chi connectivity index (χ3v) is 20.0. The number of halogens is 2. The molecule has 25 heteroatoms. The number of Topliss-reactive ketones (excluding diaryl/α,β-unsaturated/α-hetero) is 1. The summed E-state index contributed by atoms with van der Waals surface area (Å²) in [5.41, 5.74) is -0.229. The van der Waals surface area contributed by atoms with Crippen LogP contribution in [0.1, 0.15) is 133 Å². The summed E-state index contributed by atoms with van der Waals surface area (Å²) in [5.74, 6) is 2.08. The average molecular weight is 1300 g/mol. The SMILES string of the molecule is CCCC1O[C@@H]2C[C@H]3[C@@H]4C[C@H](F)C5=CC(=O)C=C[C@]5(C)[C@@]4(F)[C@@H](O)C[C@]3(C)[C@]2(C(=O)COC(=O)c2ccc(CNC(=O)OCc3ccc(NC(=O)[C@H](CCCNC(N)=O)NC(=O)[C@@H](NC(=O)CCOCCNC(=O)OCC4[C@H]5CCC#CCC[C@@H]45)C(C)C)cc3)cc2)O1. The number of nitrogens with one attached hydrogen (secondary N) is 6. The molecule has 0 radical (unpaired) electrons. The van der Waals surface area contributed by atoms with E-state index >= 15 is 8.78 Å². The lowest BCUT2D eigenvalue weighted by Gasteiger charge is -2.63. The van der Waals surface area contributed by atoms with Gasteiger partial charge in [-0.15, -0.1) is 11.8 Å². The molecule has 1 aliphatic heterocycles. The number of nitrogens with two attached hydrogens (primary N) is 1. The molecule has 6 aliphatic carbocycles. The molecule has 1 saturated heterocycles. The number of carbonyl (C=O) groups is 9. The van der Waals surface area contributed by atoms with Crippen LogP contribution in [-0.2, 0) is 65.5 Å². The summed E-state index contributed by atoms with van der Waals surface area (Å²) < 4.78 is 69.0. The Bertz CT molecular complexity index is 3230. The van der Waals surface area contributed by atoms with Crippen LogP contribution in [0.5, 0.6) is 0 Å². The van der Waals surface area contributed by atoms with E-state index in [0.717, 1.165) is 31.8 Å². The smallest absolute Gasteiger partial charge is 0.407 e. The quantitative estimate of drug-likeness (QED) is 0.0192. The number of hydrogen-bond acceptors (Lipinski definition) is 16. The van der Waals surface area contributed by atoms with Crippen LogP contribution >= 0.6 is 0 Å². The normalized spacial score (nSPS) is 30.0. The molecule has 15 atom stereocenters. The molecule has 93 heavy (non-hydrogen) atoms. The van der Waals surface area contributed by atoms with E-state index in [1.807, 2.05) is 6.92 Å². The molecular formula is C68H87F2N7O16. The number of alkyl halides is 2. The first kappa shape index (κ1) is 69.5. The van der Waals surface area contributed by atoms with E-state index in [-0.39, 0.29) is 95.0 Å². The number of ether oxygens (including phenoxy) is 6. The number of urea groups is 1. The predicted molar refractivity (Wildman–Crippen MR) is 332 cm³/mol. The molecule has 504 valence electrons. The highest BCUT2D eigenvalue weighted by molar-refractivity contribution is 6.02. The van der Waals surface area contributed by atoms with Gasteiger partial charge in [-0.2, -0.15) is 0 Å². The Morgan fingerprint density at radius 3 is 2.23 bits per heavy atom. The number of hydrogen-bond donors (Lipinski definition) is 8. The van der Waals surface area contributed by atoms with Gasteiger partial charge in [0.1, 0.15) is 24.9 Å². The van der Waals surface area contributed by atoms with Crippen LogP contribution in [0.25, 0.3) is 0 Å². The molecule has 4 saturated carbocycles. The van der Waals surface area contributed by atoms with Crippen molar-refractivity contribution in [1.82, 2.24) is 26.6 Å². The number of carbonyl (C=O) groups excluding carboxylic acids is 9. The van der Waals surface area contributed by atoms with Crippen molar-refractivity contribution in [3.63, 3.8) is 0 Å². The third kappa shape index (κ3) is 15.4. The van der Waals surface area contributed by atoms with Crippen LogP contribution in [0.2, 0.25) is 0 Å². The highest BCUT2D eigenvalue weighted by Gasteiger charge is 2.80. The maximum absolute atomic E-state index is 17.9. The van der Waals surface area contributed by atoms with Crippen molar-refractivity contribution in [3.05, 3.63) is 89.0 Å². The van der Waals surface area contributed by atoms with Crippen LogP contribution < -0.4 is 37.6 Å². The van der Waals surface area contributed by atoms with Gasteiger partial charge in [-0.3, -0.25) is 24.0 Å². The summed E-state index contributed by atoms with van der Waals surface area (Å²) in [7, 11) is 0. The van der Waals surface area contributed by atoms with Gasteiger partial charge in [0.2, 0.25) is 23.5 Å². The first-order chi connectivity index (χ1) is 44.4. The van der Waals surface area contributed by atoms with Crippen molar-refractivity contribution in [2.24, 2.45) is 52.1 Å². The second-order valence-electron chi connectivity index (χ2n) is 26.2. The van der Waals surface area contributed by atoms with Gasteiger partial charge < -0.3 is 71.2 Å². The summed E-state index contributed by atoms with van der Waals surface area (Å²) in [6, 6.07) is 9.60. The Morgan fingerprint density at radius 1 is 0.839 bits per heavy atom. The molecule has 0 bridgehead atoms. The minimum absolute atomic E-state index is 0.00662. The fraction of sp³-hybridized carbons (Fsp3) is 0.603. The summed E-state index contributed by atoms with van der Waals surface area (Å²) in [5, 5.41) is 27.9. The molecule has 9 N–H and O–H groups in total. The Labute approximate surface area is 539 Å². The fourth-order valence-corrected chi connectivity index (χ4v) is 15.1. The summed E-state index contributed by atoms with van der Waals surface area (Å²) >= 11 is 0. The lowest BCUT2D eigenvalue weighted by Crippen LogP contribution is -2.71. The zero-order chi connectivity index (χ0) is 66.8. The largest absolute Gasteiger partial charge is 0.454 e. The molecule has 2 aromatic rings. The first-order valence-corrected chi connectivity index (χ1v) is 32.4. The average Bonchev–Trinajstić information content (AvgIpc) is 1.59. The molecule has 9 rings (SSSR count). The van der Waals surface area contributed by atoms with E-state index in [9.17, 15) is 48.3 Å². The van der Waals surface area contributed by atoms with Gasteiger partial charge in [-0.1, -0.05) is 64.5 Å². The van der Waals surface area contributed by atoms with Crippen molar-refractivity contribution in [2.45, 2.75) is 173 Å². The second kappa shape index (κ2) is 30.1. The number of amides is 7. The highest BCUT2D eigenvalue weighted by atomic mass is 19.1. The van der Waals surface area contributed by atoms with E-state index in [0.29, 0.717) is 54.0 Å². The second-order valence-corrected chi connectivity index (χ2v) is 26.2. The summed E-state index contributed by atoms with van der Waals surface area (Å²) in [6.45, 7) is 8.58. The number of allylic oxidation sites excluding steroid dienone is 4. The number of alkyl carbamates (subject to hydrolysis) is 2. The molecule has 0 aromatic heterocycles. The number of aliphatic hydroxyl groups excluding tert-OH is 1. The fourth-order valence-electron chi connectivity index (χ4n) is 15.1. The van der Waals surface area contributed by atoms with Gasteiger partial charge in [0.25, 0.3) is 0 Å². The van der Waals surface area contributed by atoms with Crippen LogP contribution in [0, 0.1) is 58.2 Å². The predicted octanol–water partition coefficient (Wildman–Crippen LogP) is 6.63. The lowest BCUT2D eigenvalue weighted by molar-refractivity contribution is -0.234. The van der Waals surface area contributed by atoms with Crippen LogP contribution in [0.15, 0.2) is 72.3 Å². The molecule has 23 nitrogen and oxygen atoms in total. The van der Waals surface area contributed by atoms with E-state index in [2.05, 4.69) is 43.7 Å². The Hall–Kier alpha value is -7.79. The van der Waals surface area contributed by atoms with Gasteiger partial charge in [-0.05, 0) is 141 Å². The molecule has 0 spiro atoms. The maximum Gasteiger partial charge on any atom is 0.407 e. The number of esters is 1. The number of fused-ring (bicyclic) bond motifs is 8. The lowest BCUT2D eigenvalue weighted by atomic mass is 9.44. The molecular weight excluding hydrogens is 1210 g/mol. The van der Waals surface area contributed by atoms with Crippen molar-refractivity contribution in [2.75, 3.05) is 44.8 Å². The van der Waals surface area contributed by atoms with E-state index < -0.39 is 131 Å².